The molecule has 0 aliphatic rings. The number of hydrogen-bond acceptors (Lipinski definition) is 4. The Kier molecular flexibility index (Phi) is 4.11. The van der Waals surface area contributed by atoms with Crippen LogP contribution in [0.2, 0.25) is 0 Å². The van der Waals surface area contributed by atoms with Crippen LogP contribution in [-0.2, 0) is 11.3 Å². The highest BCUT2D eigenvalue weighted by molar-refractivity contribution is 5.76. The molecule has 0 spiro atoms. The standard InChI is InChI=1S/C9H16N4O2/c1-2-7(6-14)11-9(15)5-13-4-3-8(10)12-13/h3-4,7,14H,2,5-6H2,1H3,(H2,10,12)(H,11,15)/t7-/m1/s1. The predicted octanol–water partition coefficient (Wildman–Crippen LogP) is -0.648. The zero-order valence-corrected chi connectivity index (χ0v) is 8.68. The van der Waals surface area contributed by atoms with Crippen LogP contribution in [0.4, 0.5) is 5.82 Å². The van der Waals surface area contributed by atoms with Gasteiger partial charge >= 0.3 is 0 Å². The Hall–Kier alpha value is -1.56. The second-order valence-corrected chi connectivity index (χ2v) is 3.29. The fourth-order valence-corrected chi connectivity index (χ4v) is 1.16. The number of aliphatic hydroxyl groups excluding tert-OH is 1. The molecule has 1 aromatic heterocycles. The number of anilines is 1. The van der Waals surface area contributed by atoms with Gasteiger partial charge in [0.2, 0.25) is 5.91 Å². The summed E-state index contributed by atoms with van der Waals surface area (Å²) in [5, 5.41) is 15.5. The molecule has 84 valence electrons. The van der Waals surface area contributed by atoms with Gasteiger partial charge in [-0.25, -0.2) is 0 Å². The van der Waals surface area contributed by atoms with Crippen molar-refractivity contribution in [2.75, 3.05) is 12.3 Å². The van der Waals surface area contributed by atoms with E-state index in [1.807, 2.05) is 6.92 Å². The SMILES string of the molecule is CC[C@H](CO)NC(=O)Cn1ccc(N)n1. The fraction of sp³-hybridized carbons (Fsp3) is 0.556. The Bertz CT molecular complexity index is 320. The van der Waals surface area contributed by atoms with Crippen LogP contribution < -0.4 is 11.1 Å². The van der Waals surface area contributed by atoms with Gasteiger partial charge in [-0.15, -0.1) is 0 Å². The van der Waals surface area contributed by atoms with Crippen LogP contribution in [0.25, 0.3) is 0 Å². The molecule has 0 unspecified atom stereocenters. The number of nitrogens with two attached hydrogens (primary N) is 1. The smallest absolute Gasteiger partial charge is 0.242 e. The number of aliphatic hydroxyl groups is 1. The normalized spacial score (nSPS) is 12.4. The van der Waals surface area contributed by atoms with Gasteiger partial charge in [0.25, 0.3) is 0 Å². The van der Waals surface area contributed by atoms with Crippen molar-refractivity contribution in [3.05, 3.63) is 12.3 Å². The van der Waals surface area contributed by atoms with Gasteiger partial charge in [0.15, 0.2) is 0 Å². The van der Waals surface area contributed by atoms with Crippen molar-refractivity contribution in [3.63, 3.8) is 0 Å². The van der Waals surface area contributed by atoms with Crippen LogP contribution in [0.3, 0.4) is 0 Å². The third kappa shape index (κ3) is 3.59. The Morgan fingerprint density at radius 2 is 2.53 bits per heavy atom. The number of hydrogen-bond donors (Lipinski definition) is 3. The van der Waals surface area contributed by atoms with Crippen LogP contribution in [0.15, 0.2) is 12.3 Å². The molecule has 15 heavy (non-hydrogen) atoms. The van der Waals surface area contributed by atoms with Crippen LogP contribution in [0.1, 0.15) is 13.3 Å². The molecule has 1 amide bonds. The van der Waals surface area contributed by atoms with Crippen LogP contribution in [-0.4, -0.2) is 33.4 Å². The number of rotatable bonds is 5. The summed E-state index contributed by atoms with van der Waals surface area (Å²) >= 11 is 0. The molecule has 1 aromatic rings. The molecule has 0 radical (unpaired) electrons. The van der Waals surface area contributed by atoms with Crippen LogP contribution in [0.5, 0.6) is 0 Å². The summed E-state index contributed by atoms with van der Waals surface area (Å²) in [7, 11) is 0. The molecule has 0 aliphatic carbocycles. The molecule has 4 N–H and O–H groups in total. The first kappa shape index (κ1) is 11.5. The molecular formula is C9H16N4O2. The molecule has 1 rings (SSSR count). The maximum Gasteiger partial charge on any atom is 0.242 e. The third-order valence-electron chi connectivity index (χ3n) is 2.05. The van der Waals surface area contributed by atoms with E-state index in [4.69, 9.17) is 10.8 Å². The quantitative estimate of drug-likeness (QED) is 0.604. The number of aromatic nitrogens is 2. The summed E-state index contributed by atoms with van der Waals surface area (Å²) in [4.78, 5) is 11.4. The van der Waals surface area contributed by atoms with Gasteiger partial charge in [0, 0.05) is 6.20 Å². The first-order valence-electron chi connectivity index (χ1n) is 4.84. The number of nitrogen functional groups attached to an aromatic ring is 1. The lowest BCUT2D eigenvalue weighted by Crippen LogP contribution is -2.38. The number of carbonyl (C=O) groups excluding carboxylic acids is 1. The van der Waals surface area contributed by atoms with E-state index in [1.54, 1.807) is 12.3 Å². The summed E-state index contributed by atoms with van der Waals surface area (Å²) in [5.74, 6) is 0.205. The average Bonchev–Trinajstić information content (AvgIpc) is 2.60. The van der Waals surface area contributed by atoms with E-state index in [1.165, 1.54) is 4.68 Å². The lowest BCUT2D eigenvalue weighted by atomic mass is 10.2. The van der Waals surface area contributed by atoms with Crippen molar-refractivity contribution in [2.24, 2.45) is 0 Å². The van der Waals surface area contributed by atoms with E-state index >= 15 is 0 Å². The highest BCUT2D eigenvalue weighted by Gasteiger charge is 2.09. The Balaban J connectivity index is 2.42. The van der Waals surface area contributed by atoms with E-state index in [0.717, 1.165) is 0 Å². The van der Waals surface area contributed by atoms with E-state index < -0.39 is 0 Å². The maximum absolute atomic E-state index is 11.4. The summed E-state index contributed by atoms with van der Waals surface area (Å²) in [6, 6.07) is 1.43. The molecule has 0 fully saturated rings. The monoisotopic (exact) mass is 212 g/mol. The lowest BCUT2D eigenvalue weighted by Gasteiger charge is -2.13. The van der Waals surface area contributed by atoms with E-state index in [0.29, 0.717) is 12.2 Å². The van der Waals surface area contributed by atoms with Gasteiger partial charge in [0.1, 0.15) is 12.4 Å². The van der Waals surface area contributed by atoms with Gasteiger partial charge in [0.05, 0.1) is 12.6 Å². The van der Waals surface area contributed by atoms with E-state index in [-0.39, 0.29) is 25.1 Å². The zero-order chi connectivity index (χ0) is 11.3. The summed E-state index contributed by atoms with van der Waals surface area (Å²) in [6.45, 7) is 1.96. The largest absolute Gasteiger partial charge is 0.394 e. The number of carbonyl (C=O) groups is 1. The molecule has 0 aromatic carbocycles. The maximum atomic E-state index is 11.4. The molecule has 0 bridgehead atoms. The predicted molar refractivity (Wildman–Crippen MR) is 55.9 cm³/mol. The second-order valence-electron chi connectivity index (χ2n) is 3.29. The summed E-state index contributed by atoms with van der Waals surface area (Å²) in [6.07, 6.45) is 2.33. The number of amides is 1. The van der Waals surface area contributed by atoms with Crippen LogP contribution in [0, 0.1) is 0 Å². The Labute approximate surface area is 88.1 Å². The third-order valence-corrected chi connectivity index (χ3v) is 2.05. The molecule has 0 saturated heterocycles. The minimum Gasteiger partial charge on any atom is -0.394 e. The second kappa shape index (κ2) is 5.35. The highest BCUT2D eigenvalue weighted by Crippen LogP contribution is 1.96. The average molecular weight is 212 g/mol. The van der Waals surface area contributed by atoms with Crippen molar-refractivity contribution in [1.29, 1.82) is 0 Å². The van der Waals surface area contributed by atoms with Crippen LogP contribution >= 0.6 is 0 Å². The number of nitrogens with zero attached hydrogens (tertiary/aromatic N) is 2. The lowest BCUT2D eigenvalue weighted by molar-refractivity contribution is -0.122. The van der Waals surface area contributed by atoms with Gasteiger partial charge in [-0.2, -0.15) is 5.10 Å². The van der Waals surface area contributed by atoms with Gasteiger partial charge in [-0.05, 0) is 12.5 Å². The minimum atomic E-state index is -0.189. The van der Waals surface area contributed by atoms with Gasteiger partial charge < -0.3 is 16.2 Å². The molecule has 0 saturated carbocycles. The highest BCUT2D eigenvalue weighted by atomic mass is 16.3. The van der Waals surface area contributed by atoms with Gasteiger partial charge in [-0.3, -0.25) is 9.48 Å². The van der Waals surface area contributed by atoms with Crippen molar-refractivity contribution in [3.8, 4) is 0 Å². The molecule has 1 atom stereocenters. The first-order chi connectivity index (χ1) is 7.15. The summed E-state index contributed by atoms with van der Waals surface area (Å²) < 4.78 is 1.45. The van der Waals surface area contributed by atoms with Crippen molar-refractivity contribution < 1.29 is 9.90 Å². The molecule has 6 nitrogen and oxygen atoms in total. The fourth-order valence-electron chi connectivity index (χ4n) is 1.16. The van der Waals surface area contributed by atoms with Gasteiger partial charge in [-0.1, -0.05) is 6.92 Å². The first-order valence-corrected chi connectivity index (χ1v) is 4.84. The van der Waals surface area contributed by atoms with Crippen molar-refractivity contribution in [2.45, 2.75) is 25.9 Å². The Morgan fingerprint density at radius 3 is 3.00 bits per heavy atom. The topological polar surface area (TPSA) is 93.2 Å². The van der Waals surface area contributed by atoms with Crippen molar-refractivity contribution in [1.82, 2.24) is 15.1 Å². The summed E-state index contributed by atoms with van der Waals surface area (Å²) in [5.41, 5.74) is 5.40. The minimum absolute atomic E-state index is 0.0521. The van der Waals surface area contributed by atoms with Crippen molar-refractivity contribution >= 4 is 11.7 Å². The molecular weight excluding hydrogens is 196 g/mol. The molecule has 1 heterocycles. The van der Waals surface area contributed by atoms with E-state index in [9.17, 15) is 4.79 Å². The number of nitrogens with one attached hydrogen (secondary N) is 1. The Morgan fingerprint density at radius 1 is 1.80 bits per heavy atom. The zero-order valence-electron chi connectivity index (χ0n) is 8.68. The molecule has 6 heteroatoms. The molecule has 0 aliphatic heterocycles. The van der Waals surface area contributed by atoms with E-state index in [2.05, 4.69) is 10.4 Å².